The van der Waals surface area contributed by atoms with Crippen molar-refractivity contribution in [1.82, 2.24) is 19.2 Å². The third-order valence-corrected chi connectivity index (χ3v) is 3.74. The van der Waals surface area contributed by atoms with Gasteiger partial charge in [0, 0.05) is 30.2 Å². The van der Waals surface area contributed by atoms with E-state index in [0.717, 1.165) is 22.8 Å². The van der Waals surface area contributed by atoms with Crippen LogP contribution in [0, 0.1) is 0 Å². The molecule has 3 aromatic rings. The molecule has 0 aliphatic rings. The number of rotatable bonds is 3. The molecule has 0 amide bonds. The van der Waals surface area contributed by atoms with E-state index in [-0.39, 0.29) is 6.04 Å². The zero-order chi connectivity index (χ0) is 15.2. The summed E-state index contributed by atoms with van der Waals surface area (Å²) in [4.78, 5) is 5.05. The molecule has 0 saturated carbocycles. The van der Waals surface area contributed by atoms with Crippen molar-refractivity contribution in [2.75, 3.05) is 0 Å². The quantitative estimate of drug-likeness (QED) is 0.808. The van der Waals surface area contributed by atoms with Gasteiger partial charge in [-0.05, 0) is 6.92 Å². The molecule has 9 heteroatoms. The number of nitrogens with zero attached hydrogens (tertiary/aromatic N) is 4. The first-order valence-corrected chi connectivity index (χ1v) is 7.06. The maximum atomic E-state index is 12.7. The summed E-state index contributed by atoms with van der Waals surface area (Å²) in [7, 11) is 0. The minimum Gasteiger partial charge on any atom is -0.328 e. The largest absolute Gasteiger partial charge is 0.419 e. The van der Waals surface area contributed by atoms with E-state index < -0.39 is 11.7 Å². The van der Waals surface area contributed by atoms with E-state index in [1.54, 1.807) is 0 Å². The molecule has 0 radical (unpaired) electrons. The minimum absolute atomic E-state index is 0.138. The first-order chi connectivity index (χ1) is 9.86. The summed E-state index contributed by atoms with van der Waals surface area (Å²) in [5, 5.41) is 5.64. The zero-order valence-corrected chi connectivity index (χ0v) is 11.8. The molecule has 5 nitrogen and oxygen atoms in total. The number of hydrogen-bond donors (Lipinski definition) is 1. The summed E-state index contributed by atoms with van der Waals surface area (Å²) >= 11 is 1.40. The molecule has 0 aliphatic carbocycles. The summed E-state index contributed by atoms with van der Waals surface area (Å²) in [5.41, 5.74) is 5.77. The molecule has 3 rings (SSSR count). The smallest absolute Gasteiger partial charge is 0.328 e. The zero-order valence-electron chi connectivity index (χ0n) is 11.0. The molecular formula is C12H12F3N5S. The Morgan fingerprint density at radius 2 is 2.19 bits per heavy atom. The van der Waals surface area contributed by atoms with E-state index in [0.29, 0.717) is 17.2 Å². The van der Waals surface area contributed by atoms with Crippen molar-refractivity contribution in [3.05, 3.63) is 35.2 Å². The van der Waals surface area contributed by atoms with Crippen LogP contribution in [0.15, 0.2) is 24.0 Å². The highest BCUT2D eigenvalue weighted by Gasteiger charge is 2.32. The Labute approximate surface area is 121 Å². The lowest BCUT2D eigenvalue weighted by atomic mass is 10.2. The highest BCUT2D eigenvalue weighted by Crippen LogP contribution is 2.30. The lowest BCUT2D eigenvalue weighted by Gasteiger charge is -2.07. The Morgan fingerprint density at radius 1 is 1.43 bits per heavy atom. The Kier molecular flexibility index (Phi) is 3.25. The van der Waals surface area contributed by atoms with Gasteiger partial charge in [-0.25, -0.2) is 4.68 Å². The molecule has 0 aliphatic heterocycles. The summed E-state index contributed by atoms with van der Waals surface area (Å²) in [6, 6.07) is -0.138. The first kappa shape index (κ1) is 14.1. The van der Waals surface area contributed by atoms with E-state index in [2.05, 4.69) is 10.1 Å². The van der Waals surface area contributed by atoms with Gasteiger partial charge in [-0.15, -0.1) is 11.3 Å². The van der Waals surface area contributed by atoms with Crippen molar-refractivity contribution >= 4 is 16.3 Å². The summed E-state index contributed by atoms with van der Waals surface area (Å²) in [5.74, 6) is 0.384. The molecular weight excluding hydrogens is 303 g/mol. The third kappa shape index (κ3) is 2.54. The normalized spacial score (nSPS) is 14.0. The number of halogens is 3. The van der Waals surface area contributed by atoms with Gasteiger partial charge in [-0.2, -0.15) is 23.3 Å². The van der Waals surface area contributed by atoms with E-state index >= 15 is 0 Å². The predicted octanol–water partition coefficient (Wildman–Crippen LogP) is 2.49. The van der Waals surface area contributed by atoms with Crippen molar-refractivity contribution < 1.29 is 13.2 Å². The van der Waals surface area contributed by atoms with Gasteiger partial charge in [-0.1, -0.05) is 0 Å². The van der Waals surface area contributed by atoms with Crippen LogP contribution in [0.2, 0.25) is 0 Å². The van der Waals surface area contributed by atoms with Crippen LogP contribution in [0.25, 0.3) is 10.8 Å². The van der Waals surface area contributed by atoms with Crippen LogP contribution in [0.5, 0.6) is 0 Å². The van der Waals surface area contributed by atoms with Gasteiger partial charge >= 0.3 is 6.18 Å². The van der Waals surface area contributed by atoms with Crippen molar-refractivity contribution in [2.45, 2.75) is 25.6 Å². The molecule has 1 unspecified atom stereocenters. The predicted molar refractivity (Wildman–Crippen MR) is 72.5 cm³/mol. The lowest BCUT2D eigenvalue weighted by Crippen LogP contribution is -2.20. The third-order valence-electron chi connectivity index (χ3n) is 2.98. The highest BCUT2D eigenvalue weighted by atomic mass is 32.1. The molecule has 0 saturated heterocycles. The van der Waals surface area contributed by atoms with Gasteiger partial charge in [-0.3, -0.25) is 4.40 Å². The van der Waals surface area contributed by atoms with Crippen LogP contribution in [-0.4, -0.2) is 25.2 Å². The molecule has 2 N–H and O–H groups in total. The summed E-state index contributed by atoms with van der Waals surface area (Å²) < 4.78 is 41.0. The molecule has 112 valence electrons. The maximum absolute atomic E-state index is 12.7. The molecule has 0 spiro atoms. The second-order valence-corrected chi connectivity index (χ2v) is 5.66. The molecule has 3 aromatic heterocycles. The van der Waals surface area contributed by atoms with Crippen LogP contribution in [0.3, 0.4) is 0 Å². The van der Waals surface area contributed by atoms with E-state index in [1.165, 1.54) is 11.3 Å². The van der Waals surface area contributed by atoms with Crippen molar-refractivity contribution in [2.24, 2.45) is 5.73 Å². The van der Waals surface area contributed by atoms with Gasteiger partial charge in [0.1, 0.15) is 0 Å². The van der Waals surface area contributed by atoms with Crippen LogP contribution < -0.4 is 5.73 Å². The van der Waals surface area contributed by atoms with Gasteiger partial charge in [0.15, 0.2) is 10.8 Å². The number of fused-ring (bicyclic) bond motifs is 1. The number of hydrogen-bond acceptors (Lipinski definition) is 4. The molecule has 0 aromatic carbocycles. The molecule has 3 heterocycles. The van der Waals surface area contributed by atoms with Gasteiger partial charge in [0.25, 0.3) is 0 Å². The average Bonchev–Trinajstić information content (AvgIpc) is 3.03. The molecule has 0 bridgehead atoms. The Hall–Kier alpha value is -1.87. The lowest BCUT2D eigenvalue weighted by molar-refractivity contribution is -0.137. The summed E-state index contributed by atoms with van der Waals surface area (Å²) in [6.07, 6.45) is -0.367. The van der Waals surface area contributed by atoms with E-state index in [4.69, 9.17) is 5.73 Å². The number of nitrogens with two attached hydrogens (primary N) is 1. The fourth-order valence-corrected chi connectivity index (χ4v) is 2.81. The Bertz CT molecular complexity index is 767. The second kappa shape index (κ2) is 4.85. The van der Waals surface area contributed by atoms with Crippen molar-refractivity contribution in [3.63, 3.8) is 0 Å². The number of imidazole rings is 1. The van der Waals surface area contributed by atoms with Crippen LogP contribution >= 0.6 is 11.3 Å². The monoisotopic (exact) mass is 315 g/mol. The first-order valence-electron chi connectivity index (χ1n) is 6.18. The fraction of sp³-hybridized carbons (Fsp3) is 0.333. The van der Waals surface area contributed by atoms with Gasteiger partial charge in [0.05, 0.1) is 17.5 Å². The number of alkyl halides is 3. The van der Waals surface area contributed by atoms with Gasteiger partial charge in [0.2, 0.25) is 0 Å². The minimum atomic E-state index is -4.42. The SMILES string of the molecule is CC(N)Cc1c(-n2cc(C(F)(F)F)cn2)nc2sccn12. The topological polar surface area (TPSA) is 61.1 Å². The van der Waals surface area contributed by atoms with Gasteiger partial charge < -0.3 is 5.73 Å². The molecule has 0 fully saturated rings. The molecule has 1 atom stereocenters. The maximum Gasteiger partial charge on any atom is 0.419 e. The Balaban J connectivity index is 2.11. The van der Waals surface area contributed by atoms with Crippen LogP contribution in [-0.2, 0) is 12.6 Å². The Morgan fingerprint density at radius 3 is 2.81 bits per heavy atom. The molecule has 21 heavy (non-hydrogen) atoms. The van der Waals surface area contributed by atoms with E-state index in [9.17, 15) is 13.2 Å². The standard InChI is InChI=1S/C12H12F3N5S/c1-7(16)4-9-10(18-11-19(9)2-3-21-11)20-6-8(5-17-20)12(13,14)15/h2-3,5-7H,4,16H2,1H3. The van der Waals surface area contributed by atoms with E-state index in [1.807, 2.05) is 22.9 Å². The van der Waals surface area contributed by atoms with Crippen LogP contribution in [0.1, 0.15) is 18.2 Å². The van der Waals surface area contributed by atoms with Crippen molar-refractivity contribution in [3.8, 4) is 5.82 Å². The number of aromatic nitrogens is 4. The van der Waals surface area contributed by atoms with Crippen molar-refractivity contribution in [1.29, 1.82) is 0 Å². The fourth-order valence-electron chi connectivity index (χ4n) is 2.08. The second-order valence-electron chi connectivity index (χ2n) is 4.79. The summed E-state index contributed by atoms with van der Waals surface area (Å²) in [6.45, 7) is 1.83. The number of thiazole rings is 1. The highest BCUT2D eigenvalue weighted by molar-refractivity contribution is 7.15. The average molecular weight is 315 g/mol. The van der Waals surface area contributed by atoms with Crippen LogP contribution in [0.4, 0.5) is 13.2 Å².